The quantitative estimate of drug-likeness (QED) is 0.862. The summed E-state index contributed by atoms with van der Waals surface area (Å²) in [6, 6.07) is 7.05. The largest absolute Gasteiger partial charge is 0.372 e. The molecule has 0 spiro atoms. The summed E-state index contributed by atoms with van der Waals surface area (Å²) in [5.41, 5.74) is 2.50. The van der Waals surface area contributed by atoms with Crippen molar-refractivity contribution in [3.8, 4) is 0 Å². The van der Waals surface area contributed by atoms with Crippen LogP contribution in [0.15, 0.2) is 18.2 Å². The monoisotopic (exact) mass is 254 g/mol. The van der Waals surface area contributed by atoms with Gasteiger partial charge in [0.1, 0.15) is 0 Å². The van der Waals surface area contributed by atoms with E-state index < -0.39 is 0 Å². The first kappa shape index (κ1) is 14.3. The molecule has 1 rings (SSSR count). The van der Waals surface area contributed by atoms with E-state index in [2.05, 4.69) is 51.0 Å². The number of hydrogen-bond acceptors (Lipinski definition) is 2. The van der Waals surface area contributed by atoms with Gasteiger partial charge in [-0.3, -0.25) is 0 Å². The van der Waals surface area contributed by atoms with Crippen molar-refractivity contribution >= 4 is 17.3 Å². The molecule has 0 atom stereocenters. The molecule has 0 aliphatic rings. The fourth-order valence-electron chi connectivity index (χ4n) is 1.61. The normalized spacial score (nSPS) is 11.3. The Labute approximate surface area is 110 Å². The predicted molar refractivity (Wildman–Crippen MR) is 77.0 cm³/mol. The Bertz CT molecular complexity index is 361. The zero-order valence-corrected chi connectivity index (χ0v) is 12.2. The first-order valence-electron chi connectivity index (χ1n) is 6.16. The maximum atomic E-state index is 6.08. The molecule has 1 aromatic rings. The Kier molecular flexibility index (Phi) is 5.29. The van der Waals surface area contributed by atoms with Crippen molar-refractivity contribution in [1.82, 2.24) is 5.32 Å². The summed E-state index contributed by atoms with van der Waals surface area (Å²) in [6.45, 7) is 9.55. The van der Waals surface area contributed by atoms with Crippen molar-refractivity contribution < 1.29 is 0 Å². The van der Waals surface area contributed by atoms with Crippen molar-refractivity contribution in [2.75, 3.05) is 11.9 Å². The molecule has 0 saturated heterocycles. The predicted octanol–water partition coefficient (Wildman–Crippen LogP) is 3.68. The number of benzene rings is 1. The molecule has 96 valence electrons. The van der Waals surface area contributed by atoms with Crippen LogP contribution in [0.4, 0.5) is 5.69 Å². The number of nitrogens with one attached hydrogen (secondary N) is 1. The average Bonchev–Trinajstić information content (AvgIpc) is 2.26. The number of rotatable bonds is 5. The lowest BCUT2D eigenvalue weighted by Crippen LogP contribution is -2.28. The smallest absolute Gasteiger partial charge is 0.0426 e. The average molecular weight is 255 g/mol. The second kappa shape index (κ2) is 6.27. The second-order valence-corrected chi connectivity index (χ2v) is 5.45. The minimum atomic E-state index is 0.464. The van der Waals surface area contributed by atoms with Crippen LogP contribution in [0.25, 0.3) is 0 Å². The van der Waals surface area contributed by atoms with Crippen molar-refractivity contribution in [2.45, 2.75) is 46.3 Å². The molecule has 0 aliphatic heterocycles. The van der Waals surface area contributed by atoms with Crippen LogP contribution in [0.1, 0.15) is 33.3 Å². The zero-order chi connectivity index (χ0) is 13.0. The van der Waals surface area contributed by atoms with E-state index in [0.29, 0.717) is 12.1 Å². The molecule has 3 heteroatoms. The Hall–Kier alpha value is -0.730. The lowest BCUT2D eigenvalue weighted by atomic mass is 10.1. The van der Waals surface area contributed by atoms with E-state index in [1.807, 2.05) is 12.1 Å². The summed E-state index contributed by atoms with van der Waals surface area (Å²) in [5.74, 6) is 0. The fourth-order valence-corrected chi connectivity index (χ4v) is 1.77. The molecule has 0 unspecified atom stereocenters. The van der Waals surface area contributed by atoms with Gasteiger partial charge in [-0.25, -0.2) is 0 Å². The summed E-state index contributed by atoms with van der Waals surface area (Å²) in [6.07, 6.45) is 0. The van der Waals surface area contributed by atoms with Gasteiger partial charge in [0.2, 0.25) is 0 Å². The third-order valence-corrected chi connectivity index (χ3v) is 3.14. The van der Waals surface area contributed by atoms with Crippen LogP contribution in [0.2, 0.25) is 5.02 Å². The SMILES string of the molecule is CC(C)NCc1ccc(Cl)cc1N(C)C(C)C. The number of halogens is 1. The van der Waals surface area contributed by atoms with Crippen LogP contribution in [-0.2, 0) is 6.54 Å². The highest BCUT2D eigenvalue weighted by atomic mass is 35.5. The van der Waals surface area contributed by atoms with Crippen LogP contribution >= 0.6 is 11.6 Å². The van der Waals surface area contributed by atoms with E-state index in [-0.39, 0.29) is 0 Å². The summed E-state index contributed by atoms with van der Waals surface area (Å²) >= 11 is 6.08. The summed E-state index contributed by atoms with van der Waals surface area (Å²) in [4.78, 5) is 2.25. The van der Waals surface area contributed by atoms with Gasteiger partial charge >= 0.3 is 0 Å². The fraction of sp³-hybridized carbons (Fsp3) is 0.571. The van der Waals surface area contributed by atoms with Gasteiger partial charge in [-0.2, -0.15) is 0 Å². The highest BCUT2D eigenvalue weighted by molar-refractivity contribution is 6.30. The molecular weight excluding hydrogens is 232 g/mol. The summed E-state index contributed by atoms with van der Waals surface area (Å²) in [5, 5.41) is 4.24. The Morgan fingerprint density at radius 3 is 2.41 bits per heavy atom. The van der Waals surface area contributed by atoms with E-state index in [1.165, 1.54) is 11.3 Å². The Morgan fingerprint density at radius 2 is 1.88 bits per heavy atom. The van der Waals surface area contributed by atoms with E-state index in [1.54, 1.807) is 0 Å². The maximum Gasteiger partial charge on any atom is 0.0426 e. The Morgan fingerprint density at radius 1 is 1.24 bits per heavy atom. The van der Waals surface area contributed by atoms with Gasteiger partial charge in [-0.1, -0.05) is 31.5 Å². The van der Waals surface area contributed by atoms with Gasteiger partial charge in [-0.15, -0.1) is 0 Å². The highest BCUT2D eigenvalue weighted by Gasteiger charge is 2.11. The lowest BCUT2D eigenvalue weighted by molar-refractivity contribution is 0.587. The molecular formula is C14H23ClN2. The topological polar surface area (TPSA) is 15.3 Å². The third kappa shape index (κ3) is 4.21. The molecule has 0 amide bonds. The van der Waals surface area contributed by atoms with Gasteiger partial charge in [-0.05, 0) is 31.5 Å². The second-order valence-electron chi connectivity index (χ2n) is 5.01. The highest BCUT2D eigenvalue weighted by Crippen LogP contribution is 2.25. The van der Waals surface area contributed by atoms with Gasteiger partial charge < -0.3 is 10.2 Å². The number of nitrogens with zero attached hydrogens (tertiary/aromatic N) is 1. The van der Waals surface area contributed by atoms with Crippen LogP contribution in [0, 0.1) is 0 Å². The van der Waals surface area contributed by atoms with Gasteiger partial charge in [0, 0.05) is 36.4 Å². The van der Waals surface area contributed by atoms with Crippen molar-refractivity contribution in [1.29, 1.82) is 0 Å². The lowest BCUT2D eigenvalue weighted by Gasteiger charge is -2.27. The van der Waals surface area contributed by atoms with E-state index in [9.17, 15) is 0 Å². The van der Waals surface area contributed by atoms with Crippen LogP contribution in [-0.4, -0.2) is 19.1 Å². The number of hydrogen-bond donors (Lipinski definition) is 1. The molecule has 0 radical (unpaired) electrons. The van der Waals surface area contributed by atoms with Gasteiger partial charge in [0.05, 0.1) is 0 Å². The van der Waals surface area contributed by atoms with Gasteiger partial charge in [0.25, 0.3) is 0 Å². The van der Waals surface area contributed by atoms with Crippen molar-refractivity contribution in [3.63, 3.8) is 0 Å². The molecule has 1 N–H and O–H groups in total. The van der Waals surface area contributed by atoms with E-state index in [0.717, 1.165) is 11.6 Å². The first-order valence-corrected chi connectivity index (χ1v) is 6.54. The summed E-state index contributed by atoms with van der Waals surface area (Å²) < 4.78 is 0. The molecule has 0 heterocycles. The van der Waals surface area contributed by atoms with Crippen molar-refractivity contribution in [2.24, 2.45) is 0 Å². The molecule has 0 fully saturated rings. The van der Waals surface area contributed by atoms with Crippen LogP contribution in [0.5, 0.6) is 0 Å². The zero-order valence-electron chi connectivity index (χ0n) is 11.4. The molecule has 1 aromatic carbocycles. The molecule has 17 heavy (non-hydrogen) atoms. The number of anilines is 1. The maximum absolute atomic E-state index is 6.08. The molecule has 0 aromatic heterocycles. The first-order chi connectivity index (χ1) is 7.91. The van der Waals surface area contributed by atoms with Crippen molar-refractivity contribution in [3.05, 3.63) is 28.8 Å². The third-order valence-electron chi connectivity index (χ3n) is 2.90. The minimum Gasteiger partial charge on any atom is -0.372 e. The molecule has 0 saturated carbocycles. The molecule has 0 bridgehead atoms. The Balaban J connectivity index is 2.95. The minimum absolute atomic E-state index is 0.464. The van der Waals surface area contributed by atoms with Gasteiger partial charge in [0.15, 0.2) is 0 Å². The molecule has 2 nitrogen and oxygen atoms in total. The summed E-state index contributed by atoms with van der Waals surface area (Å²) in [7, 11) is 2.11. The van der Waals surface area contributed by atoms with Crippen LogP contribution in [0.3, 0.4) is 0 Å². The standard InChI is InChI=1S/C14H23ClN2/c1-10(2)16-9-12-6-7-13(15)8-14(12)17(5)11(3)4/h6-8,10-11,16H,9H2,1-5H3. The molecule has 0 aliphatic carbocycles. The van der Waals surface area contributed by atoms with Crippen LogP contribution < -0.4 is 10.2 Å². The van der Waals surface area contributed by atoms with E-state index >= 15 is 0 Å². The van der Waals surface area contributed by atoms with E-state index in [4.69, 9.17) is 11.6 Å².